The lowest BCUT2D eigenvalue weighted by molar-refractivity contribution is 0.0779. The molecule has 2 heterocycles. The summed E-state index contributed by atoms with van der Waals surface area (Å²) in [4.78, 5) is 18.4. The van der Waals surface area contributed by atoms with Crippen LogP contribution < -0.4 is 4.74 Å². The Kier molecular flexibility index (Phi) is 4.34. The molecule has 1 unspecified atom stereocenters. The van der Waals surface area contributed by atoms with Crippen molar-refractivity contribution in [3.63, 3.8) is 0 Å². The average Bonchev–Trinajstić information content (AvgIpc) is 3.05. The molecule has 2 aromatic rings. The SMILES string of the molecule is O=C(c1ccccc1Oc1cccnc1)N1CCC(CO)C1. The van der Waals surface area contributed by atoms with Crippen LogP contribution in [0.1, 0.15) is 16.8 Å². The maximum Gasteiger partial charge on any atom is 0.257 e. The van der Waals surface area contributed by atoms with Crippen LogP contribution in [-0.4, -0.2) is 40.6 Å². The van der Waals surface area contributed by atoms with Crippen molar-refractivity contribution in [1.82, 2.24) is 9.88 Å². The van der Waals surface area contributed by atoms with Gasteiger partial charge in [0.25, 0.3) is 5.91 Å². The highest BCUT2D eigenvalue weighted by atomic mass is 16.5. The van der Waals surface area contributed by atoms with Crippen LogP contribution in [0.15, 0.2) is 48.8 Å². The number of aliphatic hydroxyl groups is 1. The predicted molar refractivity (Wildman–Crippen MR) is 81.8 cm³/mol. The van der Waals surface area contributed by atoms with E-state index in [2.05, 4.69) is 4.98 Å². The molecule has 1 saturated heterocycles. The lowest BCUT2D eigenvalue weighted by atomic mass is 10.1. The third-order valence-corrected chi connectivity index (χ3v) is 3.81. The Morgan fingerprint density at radius 2 is 2.18 bits per heavy atom. The Morgan fingerprint density at radius 3 is 2.91 bits per heavy atom. The van der Waals surface area contributed by atoms with Crippen molar-refractivity contribution < 1.29 is 14.6 Å². The number of nitrogens with zero attached hydrogens (tertiary/aromatic N) is 2. The Morgan fingerprint density at radius 1 is 1.32 bits per heavy atom. The highest BCUT2D eigenvalue weighted by molar-refractivity contribution is 5.97. The van der Waals surface area contributed by atoms with Gasteiger partial charge in [0, 0.05) is 31.8 Å². The molecular weight excluding hydrogens is 280 g/mol. The van der Waals surface area contributed by atoms with Gasteiger partial charge in [-0.25, -0.2) is 0 Å². The van der Waals surface area contributed by atoms with Crippen LogP contribution in [0.25, 0.3) is 0 Å². The van der Waals surface area contributed by atoms with Crippen molar-refractivity contribution in [2.45, 2.75) is 6.42 Å². The number of carbonyl (C=O) groups excluding carboxylic acids is 1. The van der Waals surface area contributed by atoms with Crippen molar-refractivity contribution in [2.75, 3.05) is 19.7 Å². The Balaban J connectivity index is 1.80. The van der Waals surface area contributed by atoms with E-state index in [1.807, 2.05) is 12.1 Å². The van der Waals surface area contributed by atoms with E-state index in [0.29, 0.717) is 30.2 Å². The zero-order valence-electron chi connectivity index (χ0n) is 12.2. The van der Waals surface area contributed by atoms with Gasteiger partial charge in [-0.1, -0.05) is 12.1 Å². The molecule has 22 heavy (non-hydrogen) atoms. The number of hydrogen-bond donors (Lipinski definition) is 1. The zero-order chi connectivity index (χ0) is 15.4. The molecule has 0 spiro atoms. The number of benzene rings is 1. The molecule has 1 aliphatic rings. The highest BCUT2D eigenvalue weighted by Crippen LogP contribution is 2.27. The highest BCUT2D eigenvalue weighted by Gasteiger charge is 2.28. The molecular formula is C17H18N2O3. The van der Waals surface area contributed by atoms with Crippen LogP contribution in [0, 0.1) is 5.92 Å². The third kappa shape index (κ3) is 3.09. The molecule has 5 heteroatoms. The molecule has 1 amide bonds. The molecule has 5 nitrogen and oxygen atoms in total. The van der Waals surface area contributed by atoms with Gasteiger partial charge in [0.05, 0.1) is 11.8 Å². The fraction of sp³-hybridized carbons (Fsp3) is 0.294. The molecule has 1 aromatic carbocycles. The Labute approximate surface area is 129 Å². The van der Waals surface area contributed by atoms with Crippen LogP contribution in [0.4, 0.5) is 0 Å². The summed E-state index contributed by atoms with van der Waals surface area (Å²) < 4.78 is 5.78. The first-order chi connectivity index (χ1) is 10.8. The summed E-state index contributed by atoms with van der Waals surface area (Å²) in [5, 5.41) is 9.22. The van der Waals surface area contributed by atoms with Gasteiger partial charge >= 0.3 is 0 Å². The van der Waals surface area contributed by atoms with E-state index in [0.717, 1.165) is 6.42 Å². The summed E-state index contributed by atoms with van der Waals surface area (Å²) in [6, 6.07) is 10.8. The topological polar surface area (TPSA) is 62.7 Å². The standard InChI is InChI=1S/C17H18N2O3/c20-12-13-7-9-19(11-13)17(21)15-5-1-2-6-16(15)22-14-4-3-8-18-10-14/h1-6,8,10,13,20H,7,9,11-12H2. The molecule has 0 saturated carbocycles. The molecule has 1 N–H and O–H groups in total. The van der Waals surface area contributed by atoms with Crippen LogP contribution in [0.3, 0.4) is 0 Å². The summed E-state index contributed by atoms with van der Waals surface area (Å²) in [6.07, 6.45) is 4.12. The average molecular weight is 298 g/mol. The van der Waals surface area contributed by atoms with Crippen LogP contribution >= 0.6 is 0 Å². The van der Waals surface area contributed by atoms with Crippen molar-refractivity contribution >= 4 is 5.91 Å². The van der Waals surface area contributed by atoms with Gasteiger partial charge in [-0.15, -0.1) is 0 Å². The largest absolute Gasteiger partial charge is 0.455 e. The number of rotatable bonds is 4. The molecule has 1 atom stereocenters. The number of ether oxygens (including phenoxy) is 1. The quantitative estimate of drug-likeness (QED) is 0.941. The molecule has 0 aliphatic carbocycles. The van der Waals surface area contributed by atoms with Crippen LogP contribution in [-0.2, 0) is 0 Å². The molecule has 1 fully saturated rings. The molecule has 3 rings (SSSR count). The van der Waals surface area contributed by atoms with E-state index in [-0.39, 0.29) is 18.4 Å². The monoisotopic (exact) mass is 298 g/mol. The Bertz CT molecular complexity index is 645. The fourth-order valence-corrected chi connectivity index (χ4v) is 2.60. The summed E-state index contributed by atoms with van der Waals surface area (Å²) in [7, 11) is 0. The van der Waals surface area contributed by atoms with Crippen molar-refractivity contribution in [2.24, 2.45) is 5.92 Å². The van der Waals surface area contributed by atoms with E-state index in [1.54, 1.807) is 41.6 Å². The molecule has 114 valence electrons. The zero-order valence-corrected chi connectivity index (χ0v) is 12.2. The molecule has 0 bridgehead atoms. The number of hydrogen-bond acceptors (Lipinski definition) is 4. The number of likely N-dealkylation sites (tertiary alicyclic amines) is 1. The minimum Gasteiger partial charge on any atom is -0.455 e. The smallest absolute Gasteiger partial charge is 0.257 e. The van der Waals surface area contributed by atoms with Crippen molar-refractivity contribution in [3.05, 3.63) is 54.4 Å². The number of aliphatic hydroxyl groups excluding tert-OH is 1. The first kappa shape index (κ1) is 14.5. The molecule has 1 aliphatic heterocycles. The van der Waals surface area contributed by atoms with Crippen LogP contribution in [0.5, 0.6) is 11.5 Å². The normalized spacial score (nSPS) is 17.5. The summed E-state index contributed by atoms with van der Waals surface area (Å²) in [6.45, 7) is 1.39. The fourth-order valence-electron chi connectivity index (χ4n) is 2.60. The first-order valence-corrected chi connectivity index (χ1v) is 7.35. The van der Waals surface area contributed by atoms with E-state index in [9.17, 15) is 9.90 Å². The first-order valence-electron chi connectivity index (χ1n) is 7.35. The van der Waals surface area contributed by atoms with Crippen LogP contribution in [0.2, 0.25) is 0 Å². The Hall–Kier alpha value is -2.40. The lowest BCUT2D eigenvalue weighted by Gasteiger charge is -2.18. The summed E-state index contributed by atoms with van der Waals surface area (Å²) in [5.74, 6) is 1.23. The van der Waals surface area contributed by atoms with E-state index in [4.69, 9.17) is 4.74 Å². The van der Waals surface area contributed by atoms with E-state index >= 15 is 0 Å². The minimum absolute atomic E-state index is 0.0598. The van der Waals surface area contributed by atoms with E-state index < -0.39 is 0 Å². The van der Waals surface area contributed by atoms with E-state index in [1.165, 1.54) is 0 Å². The summed E-state index contributed by atoms with van der Waals surface area (Å²) in [5.41, 5.74) is 0.532. The lowest BCUT2D eigenvalue weighted by Crippen LogP contribution is -2.29. The van der Waals surface area contributed by atoms with Gasteiger partial charge in [-0.3, -0.25) is 9.78 Å². The number of aromatic nitrogens is 1. The van der Waals surface area contributed by atoms with Crippen molar-refractivity contribution in [1.29, 1.82) is 0 Å². The van der Waals surface area contributed by atoms with Gasteiger partial charge < -0.3 is 14.7 Å². The third-order valence-electron chi connectivity index (χ3n) is 3.81. The number of pyridine rings is 1. The maximum absolute atomic E-state index is 12.7. The maximum atomic E-state index is 12.7. The summed E-state index contributed by atoms with van der Waals surface area (Å²) >= 11 is 0. The number of para-hydroxylation sites is 1. The minimum atomic E-state index is -0.0598. The van der Waals surface area contributed by atoms with Gasteiger partial charge in [-0.2, -0.15) is 0 Å². The molecule has 0 radical (unpaired) electrons. The number of carbonyl (C=O) groups is 1. The number of amides is 1. The van der Waals surface area contributed by atoms with Crippen molar-refractivity contribution in [3.8, 4) is 11.5 Å². The second-order valence-corrected chi connectivity index (χ2v) is 5.38. The van der Waals surface area contributed by atoms with Gasteiger partial charge in [0.1, 0.15) is 11.5 Å². The van der Waals surface area contributed by atoms with Gasteiger partial charge in [0.2, 0.25) is 0 Å². The van der Waals surface area contributed by atoms with Gasteiger partial charge in [0.15, 0.2) is 0 Å². The predicted octanol–water partition coefficient (Wildman–Crippen LogP) is 2.33. The molecule has 1 aromatic heterocycles. The second kappa shape index (κ2) is 6.58. The van der Waals surface area contributed by atoms with Gasteiger partial charge in [-0.05, 0) is 30.7 Å². The second-order valence-electron chi connectivity index (χ2n) is 5.38.